The number of para-hydroxylation sites is 1. The maximum Gasteiger partial charge on any atom is 0.0737 e. The minimum atomic E-state index is -0.795. The van der Waals surface area contributed by atoms with Gasteiger partial charge in [-0.05, 0) is 163 Å². The molecule has 1 spiro atoms. The van der Waals surface area contributed by atoms with Crippen LogP contribution < -0.4 is 9.80 Å². The van der Waals surface area contributed by atoms with E-state index in [0.717, 1.165) is 34.1 Å². The largest absolute Gasteiger partial charge is 0.310 e. The second-order valence-corrected chi connectivity index (χ2v) is 26.8. The predicted octanol–water partition coefficient (Wildman–Crippen LogP) is 25.0. The van der Waals surface area contributed by atoms with Crippen LogP contribution in [0.3, 0.4) is 0 Å². The Balaban J connectivity index is 0.894. The molecule has 0 amide bonds. The molecule has 2 nitrogen and oxygen atoms in total. The number of nitrogens with zero attached hydrogens (tertiary/aromatic N) is 2. The molecule has 6 heteroatoms. The fraction of sp³-hybridized carbons (Fsp3) is 0.0120. The van der Waals surface area contributed by atoms with Gasteiger partial charge >= 0.3 is 0 Å². The second kappa shape index (κ2) is 20.8. The molecule has 0 fully saturated rings. The number of halogens is 1. The van der Waals surface area contributed by atoms with Crippen molar-refractivity contribution >= 4 is 131 Å². The average Bonchev–Trinajstić information content (AvgIpc) is 1.57. The molecule has 1 aliphatic heterocycles. The van der Waals surface area contributed by atoms with Gasteiger partial charge in [0.25, 0.3) is 0 Å². The first kappa shape index (κ1) is 52.2. The van der Waals surface area contributed by atoms with Crippen molar-refractivity contribution in [3.63, 3.8) is 0 Å². The van der Waals surface area contributed by atoms with Crippen LogP contribution in [0.4, 0.5) is 34.1 Å². The first-order valence-corrected chi connectivity index (χ1v) is 33.0. The summed E-state index contributed by atoms with van der Waals surface area (Å²) in [5.41, 5.74) is 20.2. The lowest BCUT2D eigenvalue weighted by atomic mass is 9.67. The van der Waals surface area contributed by atoms with Crippen molar-refractivity contribution in [2.45, 2.75) is 15.2 Å². The standard InChI is InChI=1S/C83H51ClN2S3/c84-58-40-43-65-64-27-12-15-30-70(64)83(72(65)48-58)71-31-18-32-75(86(59-25-8-3-9-26-59)74-45-44-63(55-22-6-2-7-23-55)81-79(74)67-29-14-17-34-77(67)88-81)82(71)89-78-46-42-61(51-73(78)83)85(60-41-39-53-21-10-11-24-57(53)47-60)62-49-68(80-69(50-62)66-28-13-16-33-76(66)87-80)56-37-35-54(36-38-56)52-19-4-1-5-20-52/h1-51H. The fourth-order valence-electron chi connectivity index (χ4n) is 14.4. The Hall–Kier alpha value is -9.98. The van der Waals surface area contributed by atoms with E-state index in [0.29, 0.717) is 5.02 Å². The van der Waals surface area contributed by atoms with Crippen molar-refractivity contribution in [3.05, 3.63) is 337 Å². The van der Waals surface area contributed by atoms with Crippen LogP contribution >= 0.6 is 46.0 Å². The lowest BCUT2D eigenvalue weighted by Crippen LogP contribution is -2.33. The van der Waals surface area contributed by atoms with Crippen LogP contribution in [-0.4, -0.2) is 0 Å². The average molecular weight is 1210 g/mol. The summed E-state index contributed by atoms with van der Waals surface area (Å²) in [5.74, 6) is 0. The van der Waals surface area contributed by atoms with Gasteiger partial charge in [-0.25, -0.2) is 0 Å². The van der Waals surface area contributed by atoms with E-state index < -0.39 is 5.41 Å². The van der Waals surface area contributed by atoms with E-state index in [9.17, 15) is 0 Å². The van der Waals surface area contributed by atoms with Gasteiger partial charge in [-0.1, -0.05) is 242 Å². The third-order valence-corrected chi connectivity index (χ3v) is 22.2. The summed E-state index contributed by atoms with van der Waals surface area (Å²) in [6.07, 6.45) is 0. The summed E-state index contributed by atoms with van der Waals surface area (Å²) in [5, 5.41) is 8.07. The fourth-order valence-corrected chi connectivity index (χ4v) is 18.4. The van der Waals surface area contributed by atoms with E-state index in [1.165, 1.54) is 128 Å². The van der Waals surface area contributed by atoms with Gasteiger partial charge < -0.3 is 9.80 Å². The van der Waals surface area contributed by atoms with Crippen molar-refractivity contribution < 1.29 is 0 Å². The van der Waals surface area contributed by atoms with Gasteiger partial charge in [0.15, 0.2) is 0 Å². The molecule has 0 saturated carbocycles. The first-order chi connectivity index (χ1) is 44.0. The molecule has 2 aromatic heterocycles. The van der Waals surface area contributed by atoms with Gasteiger partial charge in [0.05, 0.1) is 16.8 Å². The minimum Gasteiger partial charge on any atom is -0.310 e. The highest BCUT2D eigenvalue weighted by Crippen LogP contribution is 2.65. The normalized spacial score (nSPS) is 13.9. The van der Waals surface area contributed by atoms with Crippen LogP contribution in [0.5, 0.6) is 0 Å². The number of hydrogen-bond donors (Lipinski definition) is 0. The van der Waals surface area contributed by atoms with Gasteiger partial charge in [-0.15, -0.1) is 22.7 Å². The van der Waals surface area contributed by atoms with Crippen molar-refractivity contribution in [1.82, 2.24) is 0 Å². The monoisotopic (exact) mass is 1210 g/mol. The van der Waals surface area contributed by atoms with Gasteiger partial charge in [-0.3, -0.25) is 0 Å². The van der Waals surface area contributed by atoms with Crippen LogP contribution in [0.1, 0.15) is 22.3 Å². The SMILES string of the molecule is Clc1ccc2c(c1)C1(c3cc(N(c4ccc5ccccc5c4)c4cc(-c5ccc(-c6ccccc6)cc5)c5sc6ccccc6c5c4)ccc3Sc3c(N(c4ccccc4)c4ccc(-c5ccccc5)c5sc6ccccc6c45)cccc31)c1ccccc1-2. The molecule has 1 aliphatic carbocycles. The van der Waals surface area contributed by atoms with E-state index in [-0.39, 0.29) is 0 Å². The molecule has 0 N–H and O–H groups in total. The van der Waals surface area contributed by atoms with Crippen molar-refractivity contribution in [2.24, 2.45) is 0 Å². The Morgan fingerprint density at radius 1 is 0.303 bits per heavy atom. The summed E-state index contributed by atoms with van der Waals surface area (Å²) in [4.78, 5) is 7.43. The smallest absolute Gasteiger partial charge is 0.0737 e. The molecule has 3 heterocycles. The van der Waals surface area contributed by atoms with Crippen LogP contribution in [0.25, 0.3) is 95.6 Å². The van der Waals surface area contributed by atoms with Gasteiger partial charge in [0, 0.05) is 83.5 Å². The van der Waals surface area contributed by atoms with E-state index in [1.54, 1.807) is 0 Å². The lowest BCUT2D eigenvalue weighted by molar-refractivity contribution is 0.722. The quantitative estimate of drug-likeness (QED) is 0.142. The summed E-state index contributed by atoms with van der Waals surface area (Å²) in [6, 6.07) is 115. The van der Waals surface area contributed by atoms with Crippen LogP contribution in [0, 0.1) is 0 Å². The van der Waals surface area contributed by atoms with E-state index in [1.807, 2.05) is 34.4 Å². The highest BCUT2D eigenvalue weighted by atomic mass is 35.5. The minimum absolute atomic E-state index is 0.708. The Bertz CT molecular complexity index is 5500. The maximum absolute atomic E-state index is 7.37. The van der Waals surface area contributed by atoms with Gasteiger partial charge in [0.2, 0.25) is 0 Å². The summed E-state index contributed by atoms with van der Waals surface area (Å²) in [6.45, 7) is 0. The molecule has 0 bridgehead atoms. The third kappa shape index (κ3) is 8.23. The zero-order valence-electron chi connectivity index (χ0n) is 47.9. The lowest BCUT2D eigenvalue weighted by Gasteiger charge is -2.42. The number of rotatable bonds is 9. The Morgan fingerprint density at radius 3 is 1.73 bits per heavy atom. The van der Waals surface area contributed by atoms with Crippen molar-refractivity contribution in [1.29, 1.82) is 0 Å². The molecular formula is C83H51ClN2S3. The predicted molar refractivity (Wildman–Crippen MR) is 382 cm³/mol. The van der Waals surface area contributed by atoms with E-state index >= 15 is 0 Å². The van der Waals surface area contributed by atoms with Gasteiger partial charge in [0.1, 0.15) is 0 Å². The first-order valence-electron chi connectivity index (χ1n) is 30.1. The van der Waals surface area contributed by atoms with Crippen LogP contribution in [0.2, 0.25) is 5.02 Å². The molecule has 0 radical (unpaired) electrons. The molecule has 18 rings (SSSR count). The summed E-state index contributed by atoms with van der Waals surface area (Å²) < 4.78 is 5.07. The molecule has 0 saturated heterocycles. The van der Waals surface area contributed by atoms with Crippen molar-refractivity contribution in [2.75, 3.05) is 9.80 Å². The maximum atomic E-state index is 7.37. The molecule has 14 aromatic carbocycles. The molecule has 2 aliphatic rings. The van der Waals surface area contributed by atoms with Gasteiger partial charge in [-0.2, -0.15) is 0 Å². The second-order valence-electron chi connectivity index (χ2n) is 23.2. The van der Waals surface area contributed by atoms with Crippen LogP contribution in [-0.2, 0) is 5.41 Å². The van der Waals surface area contributed by atoms with Crippen LogP contribution in [0.15, 0.2) is 319 Å². The summed E-state index contributed by atoms with van der Waals surface area (Å²) in [7, 11) is 0. The molecular weight excluding hydrogens is 1160 g/mol. The highest BCUT2D eigenvalue weighted by Gasteiger charge is 2.51. The number of anilines is 6. The number of fused-ring (bicyclic) bond motifs is 16. The zero-order chi connectivity index (χ0) is 58.7. The topological polar surface area (TPSA) is 6.48 Å². The Morgan fingerprint density at radius 2 is 0.910 bits per heavy atom. The van der Waals surface area contributed by atoms with Crippen molar-refractivity contribution in [3.8, 4) is 44.5 Å². The number of hydrogen-bond acceptors (Lipinski definition) is 5. The summed E-state index contributed by atoms with van der Waals surface area (Å²) >= 11 is 13.0. The number of thiophene rings is 2. The molecule has 16 aromatic rings. The molecule has 89 heavy (non-hydrogen) atoms. The molecule has 418 valence electrons. The van der Waals surface area contributed by atoms with E-state index in [4.69, 9.17) is 11.6 Å². The molecule has 1 unspecified atom stereocenters. The third-order valence-electron chi connectivity index (χ3n) is 18.3. The van der Waals surface area contributed by atoms with E-state index in [2.05, 4.69) is 319 Å². The zero-order valence-corrected chi connectivity index (χ0v) is 51.1. The highest BCUT2D eigenvalue weighted by molar-refractivity contribution is 7.99. The Labute approximate surface area is 533 Å². The molecule has 1 atom stereocenters. The number of benzene rings is 14. The Kier molecular flexibility index (Phi) is 12.2.